The summed E-state index contributed by atoms with van der Waals surface area (Å²) in [6, 6.07) is 11.6. The van der Waals surface area contributed by atoms with Crippen molar-refractivity contribution in [2.75, 3.05) is 26.2 Å². The van der Waals surface area contributed by atoms with Crippen LogP contribution < -0.4 is 17.0 Å². The molecule has 3 heterocycles. The maximum Gasteiger partial charge on any atom is 0.509 e. The first-order chi connectivity index (χ1) is 15.8. The lowest BCUT2D eigenvalue weighted by Crippen LogP contribution is -3.00. The van der Waals surface area contributed by atoms with E-state index in [2.05, 4.69) is 19.9 Å². The number of halogens is 3. The molecule has 0 aliphatic carbocycles. The van der Waals surface area contributed by atoms with Gasteiger partial charge in [0, 0.05) is 36.3 Å². The minimum Gasteiger partial charge on any atom is -1.00 e. The minimum atomic E-state index is -0.953. The lowest BCUT2D eigenvalue weighted by Gasteiger charge is -2.51. The summed E-state index contributed by atoms with van der Waals surface area (Å²) in [6.07, 6.45) is 3.40. The lowest BCUT2D eigenvalue weighted by molar-refractivity contribution is -0.945. The van der Waals surface area contributed by atoms with Crippen LogP contribution in [0.5, 0.6) is 0 Å². The molecule has 3 fully saturated rings. The highest BCUT2D eigenvalue weighted by Gasteiger charge is 2.47. The molecule has 184 valence electrons. The summed E-state index contributed by atoms with van der Waals surface area (Å²) in [5, 5.41) is 0. The van der Waals surface area contributed by atoms with Gasteiger partial charge in [-0.25, -0.2) is 13.6 Å². The van der Waals surface area contributed by atoms with Crippen molar-refractivity contribution in [1.82, 2.24) is 0 Å². The smallest absolute Gasteiger partial charge is 0.509 e. The predicted octanol–water partition coefficient (Wildman–Crippen LogP) is 3.18. The average molecular weight is 536 g/mol. The van der Waals surface area contributed by atoms with Crippen molar-refractivity contribution in [3.8, 4) is 0 Å². The maximum absolute atomic E-state index is 13.9. The van der Waals surface area contributed by atoms with Gasteiger partial charge in [0.1, 0.15) is 18.2 Å². The van der Waals surface area contributed by atoms with Crippen LogP contribution in [0.15, 0.2) is 60.2 Å². The molecule has 0 aromatic heterocycles. The third kappa shape index (κ3) is 6.45. The molecule has 3 saturated heterocycles. The van der Waals surface area contributed by atoms with Gasteiger partial charge >= 0.3 is 6.16 Å². The van der Waals surface area contributed by atoms with Crippen molar-refractivity contribution in [2.45, 2.75) is 45.3 Å². The van der Waals surface area contributed by atoms with E-state index < -0.39 is 23.9 Å². The summed E-state index contributed by atoms with van der Waals surface area (Å²) < 4.78 is 40.2. The molecular weight excluding hydrogens is 504 g/mol. The number of rotatable bonds is 7. The topological polar surface area (TPSA) is 35.5 Å². The zero-order chi connectivity index (χ0) is 23.4. The van der Waals surface area contributed by atoms with E-state index in [4.69, 9.17) is 9.47 Å². The van der Waals surface area contributed by atoms with E-state index in [0.717, 1.165) is 49.9 Å². The van der Waals surface area contributed by atoms with Gasteiger partial charge in [-0.05, 0) is 38.1 Å². The zero-order valence-corrected chi connectivity index (χ0v) is 21.3. The van der Waals surface area contributed by atoms with Gasteiger partial charge in [-0.15, -0.1) is 0 Å². The first-order valence-electron chi connectivity index (χ1n) is 11.7. The highest BCUT2D eigenvalue weighted by atomic mass is 79.9. The van der Waals surface area contributed by atoms with E-state index in [1.54, 1.807) is 24.3 Å². The first-order valence-corrected chi connectivity index (χ1v) is 11.7. The van der Waals surface area contributed by atoms with Crippen molar-refractivity contribution in [3.05, 3.63) is 82.9 Å². The van der Waals surface area contributed by atoms with Gasteiger partial charge in [-0.1, -0.05) is 35.9 Å². The van der Waals surface area contributed by atoms with E-state index in [1.165, 1.54) is 29.8 Å². The van der Waals surface area contributed by atoms with Gasteiger partial charge in [0.25, 0.3) is 0 Å². The zero-order valence-electron chi connectivity index (χ0n) is 19.7. The Morgan fingerprint density at radius 1 is 1.06 bits per heavy atom. The molecule has 1 atom stereocenters. The number of hydrogen-bond acceptors (Lipinski definition) is 3. The number of fused-ring (bicyclic) bond motifs is 3. The summed E-state index contributed by atoms with van der Waals surface area (Å²) in [7, 11) is 0. The molecule has 0 saturated carbocycles. The number of ether oxygens (including phenoxy) is 2. The second kappa shape index (κ2) is 11.5. The molecule has 0 unspecified atom stereocenters. The quantitative estimate of drug-likeness (QED) is 0.310. The molecule has 2 aromatic carbocycles. The summed E-state index contributed by atoms with van der Waals surface area (Å²) in [5.41, 5.74) is 2.17. The van der Waals surface area contributed by atoms with Crippen molar-refractivity contribution < 1.29 is 44.5 Å². The largest absolute Gasteiger partial charge is 1.00 e. The van der Waals surface area contributed by atoms with Crippen LogP contribution in [-0.4, -0.2) is 42.9 Å². The standard InChI is InChI=1S/C27H32F2NO3.BrH/c1-19(2)6-5-13-30-14-11-20(12-15-30)25(18-30)32-27(31)33-26(21-7-3-9-23(28)16-21)22-8-4-10-24(29)17-22;/h3-4,6-10,16-17,20,25-26H,5,11-15,18H2,1-2H3;1H/q+1;/p-1/t20?,25-,30?;/m0./s1. The molecule has 2 bridgehead atoms. The predicted molar refractivity (Wildman–Crippen MR) is 122 cm³/mol. The van der Waals surface area contributed by atoms with Crippen molar-refractivity contribution in [2.24, 2.45) is 5.92 Å². The number of nitrogens with zero attached hydrogens (tertiary/aromatic N) is 1. The van der Waals surface area contributed by atoms with Crippen molar-refractivity contribution in [1.29, 1.82) is 0 Å². The number of allylic oxidation sites excluding steroid dienone is 1. The normalized spacial score (nSPS) is 23.2. The number of quaternary nitrogens is 1. The van der Waals surface area contributed by atoms with Crippen LogP contribution in [-0.2, 0) is 9.47 Å². The van der Waals surface area contributed by atoms with E-state index in [0.29, 0.717) is 17.0 Å². The van der Waals surface area contributed by atoms with E-state index in [9.17, 15) is 13.6 Å². The molecule has 2 aromatic rings. The van der Waals surface area contributed by atoms with E-state index in [1.807, 2.05) is 0 Å². The first kappa shape index (κ1) is 26.4. The number of hydrogen-bond donors (Lipinski definition) is 0. The highest BCUT2D eigenvalue weighted by Crippen LogP contribution is 2.36. The summed E-state index contributed by atoms with van der Waals surface area (Å²) in [4.78, 5) is 12.9. The van der Waals surface area contributed by atoms with E-state index in [-0.39, 0.29) is 23.1 Å². The molecule has 34 heavy (non-hydrogen) atoms. The lowest BCUT2D eigenvalue weighted by atomic mass is 9.83. The molecule has 0 N–H and O–H groups in total. The van der Waals surface area contributed by atoms with Crippen molar-refractivity contribution >= 4 is 6.16 Å². The Labute approximate surface area is 210 Å². The van der Waals surface area contributed by atoms with Gasteiger partial charge in [0.15, 0.2) is 12.2 Å². The van der Waals surface area contributed by atoms with Crippen LogP contribution in [0.1, 0.15) is 50.3 Å². The fourth-order valence-corrected chi connectivity index (χ4v) is 5.21. The molecule has 3 aliphatic rings. The fraction of sp³-hybridized carbons (Fsp3) is 0.444. The second-order valence-corrected chi connectivity index (χ2v) is 9.62. The third-order valence-corrected chi connectivity index (χ3v) is 6.96. The molecule has 0 amide bonds. The molecule has 3 aliphatic heterocycles. The molecule has 4 nitrogen and oxygen atoms in total. The fourth-order valence-electron chi connectivity index (χ4n) is 5.21. The van der Waals surface area contributed by atoms with Gasteiger partial charge in [-0.2, -0.15) is 0 Å². The van der Waals surface area contributed by atoms with Crippen LogP contribution in [0.25, 0.3) is 0 Å². The van der Waals surface area contributed by atoms with Gasteiger partial charge in [0.05, 0.1) is 19.6 Å². The Morgan fingerprint density at radius 3 is 2.18 bits per heavy atom. The Bertz CT molecular complexity index is 971. The Morgan fingerprint density at radius 2 is 1.65 bits per heavy atom. The Kier molecular flexibility index (Phi) is 8.88. The van der Waals surface area contributed by atoms with Gasteiger partial charge < -0.3 is 30.9 Å². The molecular formula is C27H32BrF2NO3. The minimum absolute atomic E-state index is 0. The average Bonchev–Trinajstić information content (AvgIpc) is 2.78. The summed E-state index contributed by atoms with van der Waals surface area (Å²) >= 11 is 0. The van der Waals surface area contributed by atoms with Gasteiger partial charge in [0.2, 0.25) is 0 Å². The highest BCUT2D eigenvalue weighted by molar-refractivity contribution is 5.61. The summed E-state index contributed by atoms with van der Waals surface area (Å²) in [6.45, 7) is 8.29. The number of piperidine rings is 3. The monoisotopic (exact) mass is 535 g/mol. The SMILES string of the molecule is CC(C)=CCC[N+]12CCC(CC1)[C@@H](OC(=O)OC(c1cccc(F)c1)c1cccc(F)c1)C2.[Br-]. The Balaban J connectivity index is 0.00000324. The number of carbonyl (C=O) groups excluding carboxylic acids is 1. The third-order valence-electron chi connectivity index (χ3n) is 6.96. The molecule has 0 radical (unpaired) electrons. The van der Waals surface area contributed by atoms with Gasteiger partial charge in [-0.3, -0.25) is 0 Å². The maximum atomic E-state index is 13.9. The van der Waals surface area contributed by atoms with Crippen molar-refractivity contribution in [3.63, 3.8) is 0 Å². The molecule has 7 heteroatoms. The number of carbonyl (C=O) groups is 1. The van der Waals surface area contributed by atoms with Crippen LogP contribution >= 0.6 is 0 Å². The second-order valence-electron chi connectivity index (χ2n) is 9.62. The molecule has 0 spiro atoms. The van der Waals surface area contributed by atoms with Crippen LogP contribution in [0.3, 0.4) is 0 Å². The molecule has 5 rings (SSSR count). The Hall–Kier alpha value is -2.25. The number of benzene rings is 2. The van der Waals surface area contributed by atoms with Crippen LogP contribution in [0.2, 0.25) is 0 Å². The van der Waals surface area contributed by atoms with Crippen LogP contribution in [0, 0.1) is 17.6 Å². The summed E-state index contributed by atoms with van der Waals surface area (Å²) in [5.74, 6) is -0.570. The van der Waals surface area contributed by atoms with Crippen LogP contribution in [0.4, 0.5) is 13.6 Å². The van der Waals surface area contributed by atoms with E-state index >= 15 is 0 Å².